The van der Waals surface area contributed by atoms with E-state index in [-0.39, 0.29) is 23.9 Å². The van der Waals surface area contributed by atoms with Gasteiger partial charge in [-0.05, 0) is 52.5 Å². The maximum atomic E-state index is 12.7. The van der Waals surface area contributed by atoms with Crippen LogP contribution in [-0.4, -0.2) is 36.0 Å². The summed E-state index contributed by atoms with van der Waals surface area (Å²) < 4.78 is 5.44. The molecule has 1 aliphatic heterocycles. The van der Waals surface area contributed by atoms with Crippen LogP contribution in [0.2, 0.25) is 0 Å². The van der Waals surface area contributed by atoms with Crippen molar-refractivity contribution < 1.29 is 14.3 Å². The van der Waals surface area contributed by atoms with Crippen LogP contribution in [0.1, 0.15) is 46.5 Å². The van der Waals surface area contributed by atoms with Crippen molar-refractivity contribution in [1.82, 2.24) is 4.90 Å². The Balaban J connectivity index is 2.22. The van der Waals surface area contributed by atoms with Crippen LogP contribution in [0.3, 0.4) is 0 Å². The maximum Gasteiger partial charge on any atom is 0.334 e. The largest absolute Gasteiger partial charge is 0.454 e. The quantitative estimate of drug-likeness (QED) is 0.455. The van der Waals surface area contributed by atoms with Crippen LogP contribution in [0.25, 0.3) is 0 Å². The Bertz CT molecular complexity index is 555. The molecule has 0 bridgehead atoms. The minimum Gasteiger partial charge on any atom is -0.454 e. The third-order valence-electron chi connectivity index (χ3n) is 4.78. The van der Waals surface area contributed by atoms with Crippen molar-refractivity contribution in [3.8, 4) is 0 Å². The Morgan fingerprint density at radius 3 is 2.70 bits per heavy atom. The van der Waals surface area contributed by atoms with Gasteiger partial charge < -0.3 is 9.64 Å². The first-order valence-corrected chi connectivity index (χ1v) is 8.53. The molecule has 2 atom stereocenters. The van der Waals surface area contributed by atoms with Crippen LogP contribution in [0, 0.1) is 5.92 Å². The molecule has 0 radical (unpaired) electrons. The minimum absolute atomic E-state index is 0.0246. The fourth-order valence-corrected chi connectivity index (χ4v) is 3.28. The van der Waals surface area contributed by atoms with Gasteiger partial charge in [0.05, 0.1) is 0 Å². The molecule has 2 rings (SSSR count). The van der Waals surface area contributed by atoms with E-state index in [2.05, 4.69) is 12.7 Å². The van der Waals surface area contributed by atoms with Crippen LogP contribution in [0.4, 0.5) is 0 Å². The standard InChI is InChI=1S/C19H27NO3/c1-5-20(6-2)18(21)15-9-7-8-13(3)12-17-16(11-10-15)14(4)19(22)23-17/h9,12,16-17H,4-8,10-11H2,1-3H3/b13-12?,15-9+/t16-,17+/m0/s1. The first kappa shape index (κ1) is 17.5. The van der Waals surface area contributed by atoms with E-state index in [1.54, 1.807) is 0 Å². The van der Waals surface area contributed by atoms with E-state index >= 15 is 0 Å². The number of amides is 1. The van der Waals surface area contributed by atoms with Crippen molar-refractivity contribution in [3.05, 3.63) is 35.5 Å². The van der Waals surface area contributed by atoms with Crippen LogP contribution in [-0.2, 0) is 14.3 Å². The van der Waals surface area contributed by atoms with Gasteiger partial charge in [0.2, 0.25) is 5.91 Å². The summed E-state index contributed by atoms with van der Waals surface area (Å²) in [5, 5.41) is 0. The zero-order valence-electron chi connectivity index (χ0n) is 14.4. The SMILES string of the molecule is C=C1C(=O)O[C@@H]2C=C(C)CC/C=C(/C(=O)N(CC)CC)CC[C@@H]12. The van der Waals surface area contributed by atoms with Gasteiger partial charge in [-0.1, -0.05) is 18.2 Å². The number of esters is 1. The lowest BCUT2D eigenvalue weighted by atomic mass is 9.87. The van der Waals surface area contributed by atoms with Gasteiger partial charge in [0, 0.05) is 30.2 Å². The molecule has 0 aromatic heterocycles. The van der Waals surface area contributed by atoms with Crippen LogP contribution in [0.5, 0.6) is 0 Å². The first-order chi connectivity index (χ1) is 11.0. The van der Waals surface area contributed by atoms with Crippen molar-refractivity contribution in [2.24, 2.45) is 5.92 Å². The predicted octanol–water partition coefficient (Wildman–Crippen LogP) is 3.40. The molecule has 1 saturated heterocycles. The van der Waals surface area contributed by atoms with Gasteiger partial charge in [-0.25, -0.2) is 4.79 Å². The highest BCUT2D eigenvalue weighted by molar-refractivity contribution is 5.93. The fraction of sp³-hybridized carbons (Fsp3) is 0.579. The summed E-state index contributed by atoms with van der Waals surface area (Å²) in [5.41, 5.74) is 2.58. The molecular formula is C19H27NO3. The number of fused-ring (bicyclic) bond motifs is 1. The first-order valence-electron chi connectivity index (χ1n) is 8.53. The van der Waals surface area contributed by atoms with Gasteiger partial charge in [-0.2, -0.15) is 0 Å². The number of nitrogens with zero attached hydrogens (tertiary/aromatic N) is 1. The number of hydrogen-bond donors (Lipinski definition) is 0. The third kappa shape index (κ3) is 3.92. The number of carbonyl (C=O) groups excluding carboxylic acids is 2. The summed E-state index contributed by atoms with van der Waals surface area (Å²) >= 11 is 0. The molecule has 1 aliphatic carbocycles. The molecule has 0 N–H and O–H groups in total. The van der Waals surface area contributed by atoms with Crippen molar-refractivity contribution in [1.29, 1.82) is 0 Å². The van der Waals surface area contributed by atoms with Gasteiger partial charge in [0.15, 0.2) is 0 Å². The smallest absolute Gasteiger partial charge is 0.334 e. The van der Waals surface area contributed by atoms with Crippen molar-refractivity contribution in [3.63, 3.8) is 0 Å². The second-order valence-electron chi connectivity index (χ2n) is 6.30. The molecule has 1 fully saturated rings. The Hall–Kier alpha value is -1.84. The van der Waals surface area contributed by atoms with Crippen LogP contribution >= 0.6 is 0 Å². The van der Waals surface area contributed by atoms with E-state index in [4.69, 9.17) is 4.74 Å². The zero-order valence-corrected chi connectivity index (χ0v) is 14.4. The Kier molecular flexibility index (Phi) is 5.80. The number of carbonyl (C=O) groups is 2. The van der Waals surface area contributed by atoms with Crippen LogP contribution in [0.15, 0.2) is 35.5 Å². The topological polar surface area (TPSA) is 46.6 Å². The number of likely N-dealkylation sites (N-methyl/N-ethyl adjacent to an activating group) is 1. The van der Waals surface area contributed by atoms with E-state index in [0.717, 1.165) is 24.8 Å². The van der Waals surface area contributed by atoms with Gasteiger partial charge in [0.25, 0.3) is 0 Å². The lowest BCUT2D eigenvalue weighted by Crippen LogP contribution is -2.32. The van der Waals surface area contributed by atoms with Crippen molar-refractivity contribution in [2.45, 2.75) is 52.6 Å². The molecule has 0 aromatic carbocycles. The number of allylic oxidation sites excluding steroid dienone is 2. The van der Waals surface area contributed by atoms with Gasteiger partial charge in [-0.3, -0.25) is 4.79 Å². The molecule has 0 aromatic rings. The lowest BCUT2D eigenvalue weighted by molar-refractivity contribution is -0.137. The number of ether oxygens (including phenoxy) is 1. The molecule has 0 unspecified atom stereocenters. The summed E-state index contributed by atoms with van der Waals surface area (Å²) in [4.78, 5) is 26.3. The number of rotatable bonds is 3. The minimum atomic E-state index is -0.302. The van der Waals surface area contributed by atoms with E-state index < -0.39 is 0 Å². The van der Waals surface area contributed by atoms with Gasteiger partial charge in [-0.15, -0.1) is 0 Å². The molecule has 23 heavy (non-hydrogen) atoms. The highest BCUT2D eigenvalue weighted by Gasteiger charge is 2.37. The highest BCUT2D eigenvalue weighted by Crippen LogP contribution is 2.34. The molecule has 1 amide bonds. The average Bonchev–Trinajstić information content (AvgIpc) is 2.78. The molecule has 0 saturated carbocycles. The summed E-state index contributed by atoms with van der Waals surface area (Å²) in [6.45, 7) is 11.4. The Morgan fingerprint density at radius 1 is 1.35 bits per heavy atom. The van der Waals surface area contributed by atoms with E-state index in [0.29, 0.717) is 25.1 Å². The number of hydrogen-bond acceptors (Lipinski definition) is 3. The fourth-order valence-electron chi connectivity index (χ4n) is 3.28. The Labute approximate surface area is 138 Å². The summed E-state index contributed by atoms with van der Waals surface area (Å²) in [6.07, 6.45) is 7.00. The maximum absolute atomic E-state index is 12.7. The molecule has 1 heterocycles. The zero-order chi connectivity index (χ0) is 17.0. The monoisotopic (exact) mass is 317 g/mol. The second-order valence-corrected chi connectivity index (χ2v) is 6.30. The molecule has 4 heteroatoms. The Morgan fingerprint density at radius 2 is 2.04 bits per heavy atom. The summed E-state index contributed by atoms with van der Waals surface area (Å²) in [7, 11) is 0. The van der Waals surface area contributed by atoms with E-state index in [1.807, 2.05) is 31.7 Å². The normalized spacial score (nSPS) is 27.4. The lowest BCUT2D eigenvalue weighted by Gasteiger charge is -2.23. The molecule has 0 spiro atoms. The molecular weight excluding hydrogens is 290 g/mol. The van der Waals surface area contributed by atoms with Gasteiger partial charge >= 0.3 is 5.97 Å². The predicted molar refractivity (Wildman–Crippen MR) is 90.7 cm³/mol. The van der Waals surface area contributed by atoms with Crippen molar-refractivity contribution in [2.75, 3.05) is 13.1 Å². The van der Waals surface area contributed by atoms with E-state index in [9.17, 15) is 9.59 Å². The van der Waals surface area contributed by atoms with Gasteiger partial charge in [0.1, 0.15) is 6.10 Å². The highest BCUT2D eigenvalue weighted by atomic mass is 16.5. The average molecular weight is 317 g/mol. The van der Waals surface area contributed by atoms with Crippen molar-refractivity contribution >= 4 is 11.9 Å². The van der Waals surface area contributed by atoms with E-state index in [1.165, 1.54) is 5.57 Å². The van der Waals surface area contributed by atoms with Crippen LogP contribution < -0.4 is 0 Å². The summed E-state index contributed by atoms with van der Waals surface area (Å²) in [6, 6.07) is 0. The third-order valence-corrected chi connectivity index (χ3v) is 4.78. The molecule has 4 nitrogen and oxygen atoms in total. The molecule has 126 valence electrons. The second kappa shape index (κ2) is 7.62. The molecule has 2 aliphatic rings. The summed E-state index contributed by atoms with van der Waals surface area (Å²) in [5.74, 6) is -0.211.